The number of aryl methyl sites for hydroxylation is 2. The Kier molecular flexibility index (Phi) is 3.95. The second kappa shape index (κ2) is 6.29. The van der Waals surface area contributed by atoms with E-state index in [9.17, 15) is 9.59 Å². The highest BCUT2D eigenvalue weighted by molar-refractivity contribution is 6.04. The first-order valence-electron chi connectivity index (χ1n) is 8.65. The number of imidazole rings is 1. The summed E-state index contributed by atoms with van der Waals surface area (Å²) in [5.41, 5.74) is 3.13. The van der Waals surface area contributed by atoms with Crippen molar-refractivity contribution in [2.45, 2.75) is 19.4 Å². The van der Waals surface area contributed by atoms with Gasteiger partial charge < -0.3 is 14.8 Å². The van der Waals surface area contributed by atoms with Gasteiger partial charge in [-0.25, -0.2) is 4.98 Å². The molecular weight excluding hydrogens is 328 g/mol. The Bertz CT molecular complexity index is 994. The van der Waals surface area contributed by atoms with Crippen LogP contribution in [-0.2, 0) is 11.8 Å². The molecule has 0 radical (unpaired) electrons. The Balaban J connectivity index is 1.51. The second-order valence-corrected chi connectivity index (χ2v) is 6.56. The molecule has 0 bridgehead atoms. The number of rotatable bonds is 3. The molecule has 1 aromatic heterocycles. The quantitative estimate of drug-likeness (QED) is 0.790. The lowest BCUT2D eigenvalue weighted by atomic mass is 10.1. The van der Waals surface area contributed by atoms with E-state index >= 15 is 0 Å². The van der Waals surface area contributed by atoms with Crippen LogP contribution in [0.1, 0.15) is 22.6 Å². The van der Waals surface area contributed by atoms with E-state index in [0.717, 1.165) is 22.5 Å². The Morgan fingerprint density at radius 3 is 2.73 bits per heavy atom. The summed E-state index contributed by atoms with van der Waals surface area (Å²) in [6.45, 7) is 2.53. The zero-order valence-corrected chi connectivity index (χ0v) is 14.8. The van der Waals surface area contributed by atoms with Gasteiger partial charge in [0.2, 0.25) is 5.91 Å². The third-order valence-electron chi connectivity index (χ3n) is 4.95. The van der Waals surface area contributed by atoms with Gasteiger partial charge in [-0.15, -0.1) is 0 Å². The molecule has 0 saturated carbocycles. The molecule has 1 aliphatic rings. The van der Waals surface area contributed by atoms with E-state index in [4.69, 9.17) is 0 Å². The fraction of sp³-hybridized carbons (Fsp3) is 0.250. The molecule has 3 aromatic rings. The number of anilines is 1. The number of amides is 2. The van der Waals surface area contributed by atoms with Gasteiger partial charge in [-0.2, -0.15) is 0 Å². The van der Waals surface area contributed by atoms with E-state index in [-0.39, 0.29) is 11.8 Å². The number of hydrogen-bond donors (Lipinski definition) is 1. The Morgan fingerprint density at radius 1 is 1.19 bits per heavy atom. The molecule has 1 N–H and O–H groups in total. The summed E-state index contributed by atoms with van der Waals surface area (Å²) in [6.07, 6.45) is 0.602. The molecule has 2 aromatic carbocycles. The van der Waals surface area contributed by atoms with Crippen LogP contribution in [0.25, 0.3) is 11.0 Å². The first kappa shape index (κ1) is 16.3. The van der Waals surface area contributed by atoms with Crippen molar-refractivity contribution < 1.29 is 9.59 Å². The SMILES string of the molecule is Cc1nc2cc(C(=O)NC3CCN(c4ccccc4)C3=O)ccc2n1C. The van der Waals surface area contributed by atoms with Crippen molar-refractivity contribution in [2.75, 3.05) is 11.4 Å². The summed E-state index contributed by atoms with van der Waals surface area (Å²) in [6, 6.07) is 14.5. The van der Waals surface area contributed by atoms with Gasteiger partial charge in [0.1, 0.15) is 11.9 Å². The van der Waals surface area contributed by atoms with Crippen molar-refractivity contribution in [2.24, 2.45) is 7.05 Å². The molecule has 26 heavy (non-hydrogen) atoms. The fourth-order valence-corrected chi connectivity index (χ4v) is 3.38. The lowest BCUT2D eigenvalue weighted by Crippen LogP contribution is -2.41. The molecule has 2 heterocycles. The van der Waals surface area contributed by atoms with Gasteiger partial charge in [0.25, 0.3) is 5.91 Å². The fourth-order valence-electron chi connectivity index (χ4n) is 3.38. The monoisotopic (exact) mass is 348 g/mol. The molecule has 1 saturated heterocycles. The number of nitrogens with one attached hydrogen (secondary N) is 1. The molecule has 2 amide bonds. The Morgan fingerprint density at radius 2 is 1.96 bits per heavy atom. The molecule has 6 nitrogen and oxygen atoms in total. The number of aromatic nitrogens is 2. The molecule has 1 unspecified atom stereocenters. The van der Waals surface area contributed by atoms with E-state index in [1.54, 1.807) is 17.0 Å². The van der Waals surface area contributed by atoms with Crippen LogP contribution in [-0.4, -0.2) is 34.0 Å². The summed E-state index contributed by atoms with van der Waals surface area (Å²) in [5, 5.41) is 2.87. The maximum atomic E-state index is 12.6. The number of benzene rings is 2. The molecule has 1 atom stereocenters. The first-order valence-corrected chi connectivity index (χ1v) is 8.65. The molecule has 1 aliphatic heterocycles. The third kappa shape index (κ3) is 2.73. The molecule has 132 valence electrons. The molecule has 4 rings (SSSR count). The van der Waals surface area contributed by atoms with Crippen LogP contribution in [0.3, 0.4) is 0 Å². The van der Waals surface area contributed by atoms with Gasteiger partial charge in [0.05, 0.1) is 11.0 Å². The third-order valence-corrected chi connectivity index (χ3v) is 4.95. The van der Waals surface area contributed by atoms with Crippen molar-refractivity contribution in [3.05, 3.63) is 59.9 Å². The minimum absolute atomic E-state index is 0.0701. The van der Waals surface area contributed by atoms with Crippen LogP contribution in [0.2, 0.25) is 0 Å². The van der Waals surface area contributed by atoms with Crippen LogP contribution >= 0.6 is 0 Å². The number of carbonyl (C=O) groups is 2. The standard InChI is InChI=1S/C20H20N4O2/c1-13-21-17-12-14(8-9-18(17)23(13)2)19(25)22-16-10-11-24(20(16)26)15-6-4-3-5-7-15/h3-9,12,16H,10-11H2,1-2H3,(H,22,25). The average molecular weight is 348 g/mol. The van der Waals surface area contributed by atoms with Gasteiger partial charge in [-0.1, -0.05) is 18.2 Å². The van der Waals surface area contributed by atoms with Gasteiger partial charge in [-0.3, -0.25) is 9.59 Å². The second-order valence-electron chi connectivity index (χ2n) is 6.56. The van der Waals surface area contributed by atoms with Gasteiger partial charge in [-0.05, 0) is 43.7 Å². The zero-order chi connectivity index (χ0) is 18.3. The Labute approximate surface area is 151 Å². The number of carbonyl (C=O) groups excluding carboxylic acids is 2. The number of hydrogen-bond acceptors (Lipinski definition) is 3. The number of para-hydroxylation sites is 1. The van der Waals surface area contributed by atoms with Gasteiger partial charge in [0, 0.05) is 24.8 Å². The van der Waals surface area contributed by atoms with Gasteiger partial charge in [0.15, 0.2) is 0 Å². The summed E-state index contributed by atoms with van der Waals surface area (Å²) in [5.74, 6) is 0.574. The predicted octanol–water partition coefficient (Wildman–Crippen LogP) is 2.42. The van der Waals surface area contributed by atoms with E-state index in [1.807, 2.05) is 54.9 Å². The molecular formula is C20H20N4O2. The van der Waals surface area contributed by atoms with Gasteiger partial charge >= 0.3 is 0 Å². The van der Waals surface area contributed by atoms with Crippen LogP contribution in [0.4, 0.5) is 5.69 Å². The van der Waals surface area contributed by atoms with Crippen molar-refractivity contribution in [1.29, 1.82) is 0 Å². The molecule has 0 aliphatic carbocycles. The van der Waals surface area contributed by atoms with E-state index in [1.165, 1.54) is 0 Å². The van der Waals surface area contributed by atoms with Crippen molar-refractivity contribution in [1.82, 2.24) is 14.9 Å². The van der Waals surface area contributed by atoms with E-state index < -0.39 is 6.04 Å². The largest absolute Gasteiger partial charge is 0.340 e. The smallest absolute Gasteiger partial charge is 0.252 e. The highest BCUT2D eigenvalue weighted by atomic mass is 16.2. The lowest BCUT2D eigenvalue weighted by Gasteiger charge is -2.17. The minimum Gasteiger partial charge on any atom is -0.340 e. The minimum atomic E-state index is -0.496. The van der Waals surface area contributed by atoms with E-state index in [2.05, 4.69) is 10.3 Å². The maximum absolute atomic E-state index is 12.6. The highest BCUT2D eigenvalue weighted by Crippen LogP contribution is 2.22. The highest BCUT2D eigenvalue weighted by Gasteiger charge is 2.33. The van der Waals surface area contributed by atoms with Crippen LogP contribution in [0, 0.1) is 6.92 Å². The van der Waals surface area contributed by atoms with Crippen molar-refractivity contribution in [3.8, 4) is 0 Å². The molecule has 0 spiro atoms. The van der Waals surface area contributed by atoms with Crippen LogP contribution in [0.15, 0.2) is 48.5 Å². The van der Waals surface area contributed by atoms with Crippen LogP contribution < -0.4 is 10.2 Å². The predicted molar refractivity (Wildman–Crippen MR) is 100 cm³/mol. The average Bonchev–Trinajstić information content (AvgIpc) is 3.15. The first-order chi connectivity index (χ1) is 12.5. The summed E-state index contributed by atoms with van der Waals surface area (Å²) in [7, 11) is 1.94. The normalized spacial score (nSPS) is 17.1. The molecule has 6 heteroatoms. The van der Waals surface area contributed by atoms with Crippen molar-refractivity contribution >= 4 is 28.5 Å². The van der Waals surface area contributed by atoms with Crippen molar-refractivity contribution in [3.63, 3.8) is 0 Å². The summed E-state index contributed by atoms with van der Waals surface area (Å²) in [4.78, 5) is 31.4. The van der Waals surface area contributed by atoms with E-state index in [0.29, 0.717) is 18.5 Å². The lowest BCUT2D eigenvalue weighted by molar-refractivity contribution is -0.118. The Hall–Kier alpha value is -3.15. The summed E-state index contributed by atoms with van der Waals surface area (Å²) < 4.78 is 1.98. The maximum Gasteiger partial charge on any atom is 0.252 e. The topological polar surface area (TPSA) is 67.2 Å². The number of fused-ring (bicyclic) bond motifs is 1. The number of nitrogens with zero attached hydrogens (tertiary/aromatic N) is 3. The van der Waals surface area contributed by atoms with Crippen LogP contribution in [0.5, 0.6) is 0 Å². The molecule has 1 fully saturated rings. The zero-order valence-electron chi connectivity index (χ0n) is 14.8. The summed E-state index contributed by atoms with van der Waals surface area (Å²) >= 11 is 0.